The summed E-state index contributed by atoms with van der Waals surface area (Å²) in [6, 6.07) is 9.37. The van der Waals surface area contributed by atoms with Gasteiger partial charge in [-0.15, -0.1) is 0 Å². The number of ether oxygens (including phenoxy) is 4. The van der Waals surface area contributed by atoms with Gasteiger partial charge in [0.25, 0.3) is 0 Å². The van der Waals surface area contributed by atoms with Crippen LogP contribution in [0.15, 0.2) is 42.6 Å². The molecule has 0 aliphatic carbocycles. The van der Waals surface area contributed by atoms with Crippen molar-refractivity contribution in [1.29, 1.82) is 0 Å². The predicted molar refractivity (Wildman–Crippen MR) is 114 cm³/mol. The van der Waals surface area contributed by atoms with Crippen LogP contribution in [0, 0.1) is 0 Å². The summed E-state index contributed by atoms with van der Waals surface area (Å²) < 4.78 is 21.6. The van der Waals surface area contributed by atoms with Crippen LogP contribution in [0.25, 0.3) is 6.08 Å². The number of aliphatic carboxylic acids is 1. The van der Waals surface area contributed by atoms with Gasteiger partial charge in [0.05, 0.1) is 27.0 Å². The number of allylic oxidation sites excluding steroid dienone is 1. The van der Waals surface area contributed by atoms with Crippen molar-refractivity contribution in [2.45, 2.75) is 32.3 Å². The van der Waals surface area contributed by atoms with Crippen LogP contribution in [-0.2, 0) is 16.0 Å². The van der Waals surface area contributed by atoms with Gasteiger partial charge >= 0.3 is 5.97 Å². The fourth-order valence-corrected chi connectivity index (χ4v) is 2.80. The Kier molecular flexibility index (Phi) is 9.67. The maximum absolute atomic E-state index is 11.2. The molecule has 1 atom stereocenters. The quantitative estimate of drug-likeness (QED) is 0.529. The van der Waals surface area contributed by atoms with Gasteiger partial charge in [-0.3, -0.25) is 4.98 Å². The number of aromatic nitrogens is 1. The number of hydrogen-bond acceptors (Lipinski definition) is 6. The summed E-state index contributed by atoms with van der Waals surface area (Å²) in [4.78, 5) is 15.5. The highest BCUT2D eigenvalue weighted by Crippen LogP contribution is 2.26. The van der Waals surface area contributed by atoms with Crippen LogP contribution in [0.5, 0.6) is 17.2 Å². The number of rotatable bonds is 13. The Morgan fingerprint density at radius 2 is 1.93 bits per heavy atom. The van der Waals surface area contributed by atoms with E-state index >= 15 is 0 Å². The molecule has 0 saturated carbocycles. The van der Waals surface area contributed by atoms with Gasteiger partial charge in [0.15, 0.2) is 6.10 Å². The lowest BCUT2D eigenvalue weighted by atomic mass is 10.1. The molecule has 1 unspecified atom stereocenters. The Bertz CT molecular complexity index is 819. The Morgan fingerprint density at radius 1 is 1.17 bits per heavy atom. The van der Waals surface area contributed by atoms with Gasteiger partial charge < -0.3 is 24.1 Å². The first-order valence-corrected chi connectivity index (χ1v) is 9.88. The summed E-state index contributed by atoms with van der Waals surface area (Å²) >= 11 is 0. The van der Waals surface area contributed by atoms with Gasteiger partial charge in [-0.1, -0.05) is 12.2 Å². The van der Waals surface area contributed by atoms with E-state index < -0.39 is 12.1 Å². The number of nitrogens with zero attached hydrogens (tertiary/aromatic N) is 1. The van der Waals surface area contributed by atoms with Crippen LogP contribution in [0.2, 0.25) is 0 Å². The highest BCUT2D eigenvalue weighted by atomic mass is 16.5. The Hall–Kier alpha value is -3.06. The van der Waals surface area contributed by atoms with Crippen LogP contribution >= 0.6 is 0 Å². The summed E-state index contributed by atoms with van der Waals surface area (Å²) in [6.45, 7) is 2.63. The van der Waals surface area contributed by atoms with E-state index in [0.29, 0.717) is 32.5 Å². The van der Waals surface area contributed by atoms with E-state index in [4.69, 9.17) is 24.1 Å². The molecule has 0 saturated heterocycles. The summed E-state index contributed by atoms with van der Waals surface area (Å²) in [5, 5.41) is 9.16. The summed E-state index contributed by atoms with van der Waals surface area (Å²) in [6.07, 6.45) is 6.36. The number of hydrogen-bond donors (Lipinski definition) is 1. The summed E-state index contributed by atoms with van der Waals surface area (Å²) in [5.74, 6) is 1.22. The zero-order valence-electron chi connectivity index (χ0n) is 17.7. The number of carboxylic acid groups (broad SMARTS) is 1. The minimum atomic E-state index is -0.942. The molecule has 7 nitrogen and oxygen atoms in total. The van der Waals surface area contributed by atoms with Crippen LogP contribution in [0.4, 0.5) is 0 Å². The van der Waals surface area contributed by atoms with E-state index in [1.165, 1.54) is 0 Å². The zero-order chi connectivity index (χ0) is 21.8. The molecule has 0 spiro atoms. The Balaban J connectivity index is 1.97. The van der Waals surface area contributed by atoms with Crippen molar-refractivity contribution in [2.24, 2.45) is 0 Å². The first-order chi connectivity index (χ1) is 14.6. The lowest BCUT2D eigenvalue weighted by Gasteiger charge is -2.12. The lowest BCUT2D eigenvalue weighted by Crippen LogP contribution is -2.23. The number of pyridine rings is 1. The smallest absolute Gasteiger partial charge is 0.332 e. The number of carboxylic acids is 1. The topological polar surface area (TPSA) is 87.1 Å². The molecule has 0 fully saturated rings. The SMILES string of the molecule is CCOC(CC/C=C/c1cc(OC)ccc1OCCc1ccc(OC)cn1)C(=O)O. The zero-order valence-corrected chi connectivity index (χ0v) is 17.7. The van der Waals surface area contributed by atoms with Crippen molar-refractivity contribution < 1.29 is 28.8 Å². The largest absolute Gasteiger partial charge is 0.497 e. The molecular weight excluding hydrogens is 386 g/mol. The fraction of sp³-hybridized carbons (Fsp3) is 0.391. The molecule has 0 radical (unpaired) electrons. The van der Waals surface area contributed by atoms with Crippen molar-refractivity contribution in [2.75, 3.05) is 27.4 Å². The van der Waals surface area contributed by atoms with Crippen molar-refractivity contribution in [3.05, 3.63) is 53.9 Å². The average Bonchev–Trinajstić information content (AvgIpc) is 2.76. The molecule has 162 valence electrons. The van der Waals surface area contributed by atoms with Gasteiger partial charge in [0.1, 0.15) is 17.2 Å². The van der Waals surface area contributed by atoms with Crippen LogP contribution in [0.1, 0.15) is 31.0 Å². The van der Waals surface area contributed by atoms with Crippen LogP contribution < -0.4 is 14.2 Å². The molecule has 0 aliphatic heterocycles. The number of carbonyl (C=O) groups is 1. The van der Waals surface area contributed by atoms with Gasteiger partial charge in [0, 0.05) is 24.3 Å². The molecule has 2 aromatic rings. The molecule has 0 aliphatic rings. The molecule has 1 N–H and O–H groups in total. The second-order valence-corrected chi connectivity index (χ2v) is 6.45. The summed E-state index contributed by atoms with van der Waals surface area (Å²) in [7, 11) is 3.22. The van der Waals surface area contributed by atoms with E-state index in [-0.39, 0.29) is 0 Å². The lowest BCUT2D eigenvalue weighted by molar-refractivity contribution is -0.150. The van der Waals surface area contributed by atoms with E-state index in [9.17, 15) is 4.79 Å². The minimum absolute atomic E-state index is 0.373. The standard InChI is InChI=1S/C23H29NO6/c1-4-29-22(23(25)26)8-6-5-7-17-15-19(27-2)11-12-21(17)30-14-13-18-9-10-20(28-3)16-24-18/h5,7,9-12,15-16,22H,4,6,8,13-14H2,1-3H3,(H,25,26)/b7-5+. The third kappa shape index (κ3) is 7.40. The number of methoxy groups -OCH3 is 2. The fourth-order valence-electron chi connectivity index (χ4n) is 2.80. The minimum Gasteiger partial charge on any atom is -0.497 e. The molecule has 30 heavy (non-hydrogen) atoms. The van der Waals surface area contributed by atoms with E-state index in [2.05, 4.69) is 4.98 Å². The number of benzene rings is 1. The molecule has 7 heteroatoms. The first-order valence-electron chi connectivity index (χ1n) is 9.88. The molecule has 1 aromatic carbocycles. The molecule has 1 heterocycles. The van der Waals surface area contributed by atoms with Crippen LogP contribution in [-0.4, -0.2) is 49.6 Å². The van der Waals surface area contributed by atoms with E-state index in [1.807, 2.05) is 42.5 Å². The Labute approximate surface area is 177 Å². The molecule has 0 amide bonds. The van der Waals surface area contributed by atoms with Gasteiger partial charge in [-0.25, -0.2) is 4.79 Å². The molecule has 0 bridgehead atoms. The van der Waals surface area contributed by atoms with Crippen molar-refractivity contribution in [3.8, 4) is 17.2 Å². The molecule has 1 aromatic heterocycles. The molecular formula is C23H29NO6. The van der Waals surface area contributed by atoms with Gasteiger partial charge in [0.2, 0.25) is 0 Å². The van der Waals surface area contributed by atoms with Crippen molar-refractivity contribution in [1.82, 2.24) is 4.98 Å². The monoisotopic (exact) mass is 415 g/mol. The normalized spacial score (nSPS) is 12.0. The third-order valence-corrected chi connectivity index (χ3v) is 4.40. The highest BCUT2D eigenvalue weighted by Gasteiger charge is 2.15. The van der Waals surface area contributed by atoms with Gasteiger partial charge in [-0.2, -0.15) is 0 Å². The third-order valence-electron chi connectivity index (χ3n) is 4.40. The van der Waals surface area contributed by atoms with Crippen molar-refractivity contribution >= 4 is 12.0 Å². The second kappa shape index (κ2) is 12.5. The second-order valence-electron chi connectivity index (χ2n) is 6.45. The maximum Gasteiger partial charge on any atom is 0.332 e. The van der Waals surface area contributed by atoms with E-state index in [0.717, 1.165) is 28.5 Å². The first kappa shape index (κ1) is 23.2. The average molecular weight is 415 g/mol. The molecule has 2 rings (SSSR count). The maximum atomic E-state index is 11.2. The highest BCUT2D eigenvalue weighted by molar-refractivity contribution is 5.72. The van der Waals surface area contributed by atoms with Crippen LogP contribution in [0.3, 0.4) is 0 Å². The van der Waals surface area contributed by atoms with E-state index in [1.54, 1.807) is 27.3 Å². The van der Waals surface area contributed by atoms with Gasteiger partial charge in [-0.05, 0) is 50.1 Å². The van der Waals surface area contributed by atoms with Crippen molar-refractivity contribution in [3.63, 3.8) is 0 Å². The summed E-state index contributed by atoms with van der Waals surface area (Å²) in [5.41, 5.74) is 1.78. The predicted octanol–water partition coefficient (Wildman–Crippen LogP) is 4.00. The Morgan fingerprint density at radius 3 is 2.57 bits per heavy atom.